The summed E-state index contributed by atoms with van der Waals surface area (Å²) in [6, 6.07) is 21.8. The first-order valence-corrected chi connectivity index (χ1v) is 10.9. The van der Waals surface area contributed by atoms with Crippen molar-refractivity contribution in [3.63, 3.8) is 0 Å². The monoisotopic (exact) mass is 394 g/mol. The van der Waals surface area contributed by atoms with Crippen molar-refractivity contribution in [3.8, 4) is 0 Å². The minimum absolute atomic E-state index is 0.00108. The first kappa shape index (κ1) is 18.7. The van der Waals surface area contributed by atoms with Crippen molar-refractivity contribution < 1.29 is 13.2 Å². The summed E-state index contributed by atoms with van der Waals surface area (Å²) < 4.78 is 27.8. The van der Waals surface area contributed by atoms with E-state index in [0.717, 1.165) is 10.8 Å². The molecule has 0 aliphatic carbocycles. The zero-order valence-electron chi connectivity index (χ0n) is 15.4. The Balaban J connectivity index is 1.43. The third kappa shape index (κ3) is 3.79. The van der Waals surface area contributed by atoms with E-state index in [0.29, 0.717) is 31.5 Å². The largest absolute Gasteiger partial charge is 0.339 e. The summed E-state index contributed by atoms with van der Waals surface area (Å²) >= 11 is 0. The topological polar surface area (TPSA) is 66.5 Å². The normalized spacial score (nSPS) is 15.6. The number of carbonyl (C=O) groups excluding carboxylic acids is 1. The molecule has 3 aromatic rings. The standard InChI is InChI=1S/C22H22N2O3S/c25-22(21-12-6-8-17-7-4-5-11-20(17)21)24-15-13-18(14-16-24)23-28(26,27)19-9-2-1-3-10-19/h1-12,18,23H,13-16H2. The molecule has 0 bridgehead atoms. The average molecular weight is 394 g/mol. The highest BCUT2D eigenvalue weighted by Gasteiger charge is 2.27. The Morgan fingerprint density at radius 1 is 0.857 bits per heavy atom. The quantitative estimate of drug-likeness (QED) is 0.737. The first-order chi connectivity index (χ1) is 13.5. The maximum absolute atomic E-state index is 13.0. The molecule has 28 heavy (non-hydrogen) atoms. The highest BCUT2D eigenvalue weighted by Crippen LogP contribution is 2.22. The van der Waals surface area contributed by atoms with Crippen LogP contribution in [-0.4, -0.2) is 38.4 Å². The van der Waals surface area contributed by atoms with Crippen LogP contribution in [0.4, 0.5) is 0 Å². The SMILES string of the molecule is O=C(c1cccc2ccccc12)N1CCC(NS(=O)(=O)c2ccccc2)CC1. The van der Waals surface area contributed by atoms with Crippen LogP contribution in [0.3, 0.4) is 0 Å². The molecular formula is C22H22N2O3S. The van der Waals surface area contributed by atoms with Crippen molar-refractivity contribution in [3.05, 3.63) is 78.4 Å². The number of piperidine rings is 1. The summed E-state index contributed by atoms with van der Waals surface area (Å²) in [6.45, 7) is 1.06. The van der Waals surface area contributed by atoms with Crippen LogP contribution in [0.1, 0.15) is 23.2 Å². The smallest absolute Gasteiger partial charge is 0.254 e. The number of rotatable bonds is 4. The van der Waals surface area contributed by atoms with Crippen LogP contribution in [0.2, 0.25) is 0 Å². The summed E-state index contributed by atoms with van der Waals surface area (Å²) in [5, 5.41) is 1.99. The van der Waals surface area contributed by atoms with Crippen LogP contribution >= 0.6 is 0 Å². The van der Waals surface area contributed by atoms with E-state index in [9.17, 15) is 13.2 Å². The van der Waals surface area contributed by atoms with Crippen LogP contribution in [0.5, 0.6) is 0 Å². The molecule has 0 unspecified atom stereocenters. The zero-order valence-corrected chi connectivity index (χ0v) is 16.2. The van der Waals surface area contributed by atoms with Crippen molar-refractivity contribution in [2.24, 2.45) is 0 Å². The second-order valence-electron chi connectivity index (χ2n) is 7.03. The van der Waals surface area contributed by atoms with Gasteiger partial charge in [0.25, 0.3) is 5.91 Å². The third-order valence-electron chi connectivity index (χ3n) is 5.18. The maximum Gasteiger partial charge on any atom is 0.254 e. The molecule has 0 saturated carbocycles. The van der Waals surface area contributed by atoms with Gasteiger partial charge in [-0.05, 0) is 41.8 Å². The predicted octanol–water partition coefficient (Wildman–Crippen LogP) is 3.42. The number of nitrogens with zero attached hydrogens (tertiary/aromatic N) is 1. The van der Waals surface area contributed by atoms with Crippen LogP contribution in [0.15, 0.2) is 77.7 Å². The van der Waals surface area contributed by atoms with Gasteiger partial charge in [0.1, 0.15) is 0 Å². The summed E-state index contributed by atoms with van der Waals surface area (Å²) in [7, 11) is -3.53. The lowest BCUT2D eigenvalue weighted by molar-refractivity contribution is 0.0713. The molecule has 6 heteroatoms. The second-order valence-corrected chi connectivity index (χ2v) is 8.74. The Morgan fingerprint density at radius 3 is 2.25 bits per heavy atom. The first-order valence-electron chi connectivity index (χ1n) is 9.39. The molecule has 0 atom stereocenters. The Kier molecular flexibility index (Phi) is 5.15. The molecule has 5 nitrogen and oxygen atoms in total. The van der Waals surface area contributed by atoms with E-state index >= 15 is 0 Å². The molecule has 0 radical (unpaired) electrons. The lowest BCUT2D eigenvalue weighted by Crippen LogP contribution is -2.46. The molecule has 1 N–H and O–H groups in total. The van der Waals surface area contributed by atoms with E-state index < -0.39 is 10.0 Å². The summed E-state index contributed by atoms with van der Waals surface area (Å²) in [5.74, 6) is 0.00108. The Hall–Kier alpha value is -2.70. The number of carbonyl (C=O) groups is 1. The van der Waals surface area contributed by atoms with Gasteiger partial charge in [-0.3, -0.25) is 4.79 Å². The second kappa shape index (κ2) is 7.73. The molecule has 0 spiro atoms. The van der Waals surface area contributed by atoms with Gasteiger partial charge in [-0.1, -0.05) is 54.6 Å². The molecular weight excluding hydrogens is 372 g/mol. The summed E-state index contributed by atoms with van der Waals surface area (Å²) in [4.78, 5) is 15.1. The molecule has 1 aliphatic heterocycles. The molecule has 144 valence electrons. The minimum Gasteiger partial charge on any atom is -0.339 e. The van der Waals surface area contributed by atoms with Gasteiger partial charge in [0.05, 0.1) is 4.90 Å². The lowest BCUT2D eigenvalue weighted by Gasteiger charge is -2.32. The van der Waals surface area contributed by atoms with Gasteiger partial charge in [0.2, 0.25) is 10.0 Å². The minimum atomic E-state index is -3.53. The number of amides is 1. The van der Waals surface area contributed by atoms with Gasteiger partial charge in [0, 0.05) is 24.7 Å². The van der Waals surface area contributed by atoms with E-state index in [1.165, 1.54) is 0 Å². The van der Waals surface area contributed by atoms with Gasteiger partial charge in [-0.2, -0.15) is 0 Å². The van der Waals surface area contributed by atoms with Crippen molar-refractivity contribution in [2.45, 2.75) is 23.8 Å². The molecule has 0 aromatic heterocycles. The van der Waals surface area contributed by atoms with Gasteiger partial charge in [-0.15, -0.1) is 0 Å². The Morgan fingerprint density at radius 2 is 1.50 bits per heavy atom. The number of hydrogen-bond acceptors (Lipinski definition) is 3. The highest BCUT2D eigenvalue weighted by molar-refractivity contribution is 7.89. The van der Waals surface area contributed by atoms with E-state index in [-0.39, 0.29) is 16.8 Å². The van der Waals surface area contributed by atoms with Gasteiger partial charge >= 0.3 is 0 Å². The molecule has 1 fully saturated rings. The van der Waals surface area contributed by atoms with Crippen LogP contribution in [-0.2, 0) is 10.0 Å². The number of sulfonamides is 1. The number of fused-ring (bicyclic) bond motifs is 1. The number of nitrogens with one attached hydrogen (secondary N) is 1. The highest BCUT2D eigenvalue weighted by atomic mass is 32.2. The molecule has 1 amide bonds. The average Bonchev–Trinajstić information content (AvgIpc) is 2.74. The van der Waals surface area contributed by atoms with Crippen molar-refractivity contribution in [1.82, 2.24) is 9.62 Å². The summed E-state index contributed by atoms with van der Waals surface area (Å²) in [5.41, 5.74) is 0.696. The molecule has 1 saturated heterocycles. The fourth-order valence-corrected chi connectivity index (χ4v) is 5.00. The van der Waals surface area contributed by atoms with Gasteiger partial charge in [0.15, 0.2) is 0 Å². The van der Waals surface area contributed by atoms with Crippen molar-refractivity contribution in [2.75, 3.05) is 13.1 Å². The van der Waals surface area contributed by atoms with E-state index in [1.54, 1.807) is 30.3 Å². The Bertz CT molecular complexity index is 1080. The zero-order chi connectivity index (χ0) is 19.6. The number of likely N-dealkylation sites (tertiary alicyclic amines) is 1. The molecule has 1 heterocycles. The fraction of sp³-hybridized carbons (Fsp3) is 0.227. The number of hydrogen-bond donors (Lipinski definition) is 1. The van der Waals surface area contributed by atoms with Crippen LogP contribution in [0, 0.1) is 0 Å². The predicted molar refractivity (Wildman–Crippen MR) is 110 cm³/mol. The maximum atomic E-state index is 13.0. The molecule has 3 aromatic carbocycles. The van der Waals surface area contributed by atoms with E-state index in [2.05, 4.69) is 4.72 Å². The van der Waals surface area contributed by atoms with E-state index in [1.807, 2.05) is 47.4 Å². The van der Waals surface area contributed by atoms with Crippen molar-refractivity contribution in [1.29, 1.82) is 0 Å². The summed E-state index contributed by atoms with van der Waals surface area (Å²) in [6.07, 6.45) is 1.20. The van der Waals surface area contributed by atoms with Crippen molar-refractivity contribution >= 4 is 26.7 Å². The lowest BCUT2D eigenvalue weighted by atomic mass is 10.0. The van der Waals surface area contributed by atoms with Crippen LogP contribution in [0.25, 0.3) is 10.8 Å². The van der Waals surface area contributed by atoms with E-state index in [4.69, 9.17) is 0 Å². The van der Waals surface area contributed by atoms with Gasteiger partial charge < -0.3 is 4.90 Å². The van der Waals surface area contributed by atoms with Gasteiger partial charge in [-0.25, -0.2) is 13.1 Å². The Labute approximate surface area is 165 Å². The van der Waals surface area contributed by atoms with Crippen LogP contribution < -0.4 is 4.72 Å². The fourth-order valence-electron chi connectivity index (χ4n) is 3.67. The molecule has 1 aliphatic rings. The third-order valence-corrected chi connectivity index (χ3v) is 6.71. The molecule has 4 rings (SSSR count). The number of benzene rings is 3.